The number of thiophene rings is 1. The molecule has 0 aliphatic heterocycles. The van der Waals surface area contributed by atoms with Crippen LogP contribution < -0.4 is 0 Å². The van der Waals surface area contributed by atoms with Gasteiger partial charge in [0.25, 0.3) is 0 Å². The highest BCUT2D eigenvalue weighted by Gasteiger charge is 2.19. The molecule has 0 spiro atoms. The van der Waals surface area contributed by atoms with E-state index >= 15 is 0 Å². The summed E-state index contributed by atoms with van der Waals surface area (Å²) >= 11 is 1.84. The molecule has 3 nitrogen and oxygen atoms in total. The Morgan fingerprint density at radius 1 is 0.475 bits per heavy atom. The fourth-order valence-electron chi connectivity index (χ4n) is 6.17. The van der Waals surface area contributed by atoms with Crippen molar-refractivity contribution in [3.63, 3.8) is 0 Å². The molecular weight excluding hydrogens is 506 g/mol. The number of nitrogens with zero attached hydrogens (tertiary/aromatic N) is 3. The van der Waals surface area contributed by atoms with Gasteiger partial charge in [0.15, 0.2) is 0 Å². The van der Waals surface area contributed by atoms with Gasteiger partial charge in [0.05, 0.1) is 22.2 Å². The molecule has 4 heteroatoms. The second-order valence-corrected chi connectivity index (χ2v) is 11.3. The Hall–Kier alpha value is -5.06. The molecule has 0 unspecified atom stereocenters. The molecule has 9 aromatic rings. The number of hydrogen-bond donors (Lipinski definition) is 0. The minimum absolute atomic E-state index is 0.689. The van der Waals surface area contributed by atoms with Crippen molar-refractivity contribution in [2.75, 3.05) is 0 Å². The van der Waals surface area contributed by atoms with E-state index in [-0.39, 0.29) is 0 Å². The fourth-order valence-corrected chi connectivity index (χ4v) is 7.29. The Morgan fingerprint density at radius 3 is 2.12 bits per heavy atom. The molecule has 0 N–H and O–H groups in total. The monoisotopic (exact) mass is 527 g/mol. The van der Waals surface area contributed by atoms with E-state index in [0.717, 1.165) is 38.6 Å². The lowest BCUT2D eigenvalue weighted by molar-refractivity contribution is 1.02. The summed E-state index contributed by atoms with van der Waals surface area (Å²) < 4.78 is 4.83. The predicted molar refractivity (Wildman–Crippen MR) is 170 cm³/mol. The van der Waals surface area contributed by atoms with E-state index in [0.29, 0.717) is 5.95 Å². The van der Waals surface area contributed by atoms with Crippen molar-refractivity contribution in [3.05, 3.63) is 127 Å². The second-order valence-electron chi connectivity index (χ2n) is 10.2. The number of aromatic nitrogens is 3. The van der Waals surface area contributed by atoms with Crippen molar-refractivity contribution in [1.82, 2.24) is 14.5 Å². The van der Waals surface area contributed by atoms with Gasteiger partial charge in [0.2, 0.25) is 5.95 Å². The zero-order valence-electron chi connectivity index (χ0n) is 21.4. The first kappa shape index (κ1) is 21.8. The van der Waals surface area contributed by atoms with Gasteiger partial charge in [0, 0.05) is 47.3 Å². The lowest BCUT2D eigenvalue weighted by atomic mass is 10.0. The summed E-state index contributed by atoms with van der Waals surface area (Å²) in [6, 6.07) is 45.2. The van der Waals surface area contributed by atoms with Gasteiger partial charge in [0.1, 0.15) is 0 Å². The highest BCUT2D eigenvalue weighted by atomic mass is 32.1. The molecule has 0 amide bonds. The van der Waals surface area contributed by atoms with Gasteiger partial charge in [-0.05, 0) is 35.7 Å². The number of hydrogen-bond acceptors (Lipinski definition) is 3. The fraction of sp³-hybridized carbons (Fsp3) is 0. The molecular formula is C36H21N3S. The molecule has 40 heavy (non-hydrogen) atoms. The molecule has 0 bridgehead atoms. The van der Waals surface area contributed by atoms with Crippen molar-refractivity contribution < 1.29 is 0 Å². The molecule has 0 atom stereocenters. The second kappa shape index (κ2) is 8.22. The molecule has 0 aliphatic carbocycles. The van der Waals surface area contributed by atoms with Crippen LogP contribution in [0.1, 0.15) is 0 Å². The highest BCUT2D eigenvalue weighted by Crippen LogP contribution is 2.41. The van der Waals surface area contributed by atoms with Crippen LogP contribution in [0.5, 0.6) is 0 Å². The average Bonchev–Trinajstić information content (AvgIpc) is 3.54. The summed E-state index contributed by atoms with van der Waals surface area (Å²) in [5.74, 6) is 0.689. The van der Waals surface area contributed by atoms with Crippen LogP contribution in [0.3, 0.4) is 0 Å². The summed E-state index contributed by atoms with van der Waals surface area (Å²) in [5, 5.41) is 8.39. The van der Waals surface area contributed by atoms with Gasteiger partial charge in [-0.3, -0.25) is 4.57 Å². The third kappa shape index (κ3) is 3.05. The molecule has 0 saturated carbocycles. The third-order valence-corrected chi connectivity index (χ3v) is 9.13. The maximum absolute atomic E-state index is 5.31. The van der Waals surface area contributed by atoms with Crippen molar-refractivity contribution in [1.29, 1.82) is 0 Å². The van der Waals surface area contributed by atoms with E-state index in [1.54, 1.807) is 0 Å². The zero-order chi connectivity index (χ0) is 26.2. The number of para-hydroxylation sites is 1. The van der Waals surface area contributed by atoms with Gasteiger partial charge in [-0.1, -0.05) is 97.1 Å². The van der Waals surface area contributed by atoms with Crippen molar-refractivity contribution in [3.8, 4) is 17.2 Å². The molecule has 3 heterocycles. The van der Waals surface area contributed by atoms with Crippen LogP contribution >= 0.6 is 11.3 Å². The van der Waals surface area contributed by atoms with Crippen molar-refractivity contribution >= 4 is 75.0 Å². The summed E-state index contributed by atoms with van der Waals surface area (Å²) in [5.41, 5.74) is 5.23. The molecule has 0 radical (unpaired) electrons. The Bertz CT molecular complexity index is 2430. The molecule has 0 aliphatic rings. The molecule has 6 aromatic carbocycles. The first-order valence-corrected chi connectivity index (χ1v) is 14.2. The van der Waals surface area contributed by atoms with Crippen LogP contribution in [-0.2, 0) is 0 Å². The highest BCUT2D eigenvalue weighted by molar-refractivity contribution is 7.25. The maximum atomic E-state index is 5.31. The van der Waals surface area contributed by atoms with E-state index < -0.39 is 0 Å². The zero-order valence-corrected chi connectivity index (χ0v) is 22.2. The largest absolute Gasteiger partial charge is 0.278 e. The third-order valence-electron chi connectivity index (χ3n) is 8.00. The van der Waals surface area contributed by atoms with E-state index in [1.807, 2.05) is 17.4 Å². The lowest BCUT2D eigenvalue weighted by Crippen LogP contribution is -2.03. The minimum atomic E-state index is 0.689. The summed E-state index contributed by atoms with van der Waals surface area (Å²) in [6.45, 7) is 0. The van der Waals surface area contributed by atoms with E-state index in [9.17, 15) is 0 Å². The van der Waals surface area contributed by atoms with Gasteiger partial charge >= 0.3 is 0 Å². The normalized spacial score (nSPS) is 12.0. The van der Waals surface area contributed by atoms with Crippen LogP contribution in [0.15, 0.2) is 127 Å². The smallest absolute Gasteiger partial charge is 0.235 e. The number of benzene rings is 6. The predicted octanol–water partition coefficient (Wildman–Crippen LogP) is 9.91. The summed E-state index contributed by atoms with van der Waals surface area (Å²) in [4.78, 5) is 10.6. The summed E-state index contributed by atoms with van der Waals surface area (Å²) in [6.07, 6.45) is 0. The Kier molecular flexibility index (Phi) is 4.48. The quantitative estimate of drug-likeness (QED) is 0.209. The minimum Gasteiger partial charge on any atom is -0.278 e. The first-order valence-electron chi connectivity index (χ1n) is 13.4. The Labute approximate surface area is 233 Å². The average molecular weight is 528 g/mol. The van der Waals surface area contributed by atoms with Crippen molar-refractivity contribution in [2.45, 2.75) is 0 Å². The number of fused-ring (bicyclic) bond motifs is 9. The topological polar surface area (TPSA) is 30.7 Å². The van der Waals surface area contributed by atoms with Gasteiger partial charge in [-0.2, -0.15) is 0 Å². The van der Waals surface area contributed by atoms with Gasteiger partial charge < -0.3 is 0 Å². The van der Waals surface area contributed by atoms with E-state index in [4.69, 9.17) is 9.97 Å². The molecule has 0 fully saturated rings. The molecule has 3 aromatic heterocycles. The molecule has 0 saturated heterocycles. The first-order chi connectivity index (χ1) is 19.8. The Morgan fingerprint density at radius 2 is 1.23 bits per heavy atom. The van der Waals surface area contributed by atoms with Crippen molar-refractivity contribution in [2.24, 2.45) is 0 Å². The van der Waals surface area contributed by atoms with E-state index in [2.05, 4.69) is 126 Å². The van der Waals surface area contributed by atoms with Gasteiger partial charge in [-0.25, -0.2) is 9.97 Å². The van der Waals surface area contributed by atoms with Crippen LogP contribution in [0.4, 0.5) is 0 Å². The van der Waals surface area contributed by atoms with Crippen LogP contribution in [0, 0.1) is 0 Å². The van der Waals surface area contributed by atoms with Crippen LogP contribution in [-0.4, -0.2) is 14.5 Å². The number of rotatable bonds is 2. The lowest BCUT2D eigenvalue weighted by Gasteiger charge is -2.13. The molecule has 186 valence electrons. The molecule has 9 rings (SSSR count). The SMILES string of the molecule is c1ccc(-c2nc(-n3c4ccccc4c4cc5c(cc43)sc3ccccc35)nc3c2ccc2ccccc23)cc1. The van der Waals surface area contributed by atoms with E-state index in [1.165, 1.54) is 36.3 Å². The Balaban J connectivity index is 1.45. The van der Waals surface area contributed by atoms with Crippen LogP contribution in [0.2, 0.25) is 0 Å². The van der Waals surface area contributed by atoms with Crippen LogP contribution in [0.25, 0.3) is 80.9 Å². The maximum Gasteiger partial charge on any atom is 0.235 e. The standard InChI is InChI=1S/C36H21N3S/c1-2-11-23(12-3-1)34-27-19-18-22-10-4-5-13-24(22)35(27)38-36(37-34)39-30-16-8-6-14-25(30)28-20-29-26-15-7-9-17-32(26)40-33(29)21-31(28)39/h1-21H. The summed E-state index contributed by atoms with van der Waals surface area (Å²) in [7, 11) is 0. The van der Waals surface area contributed by atoms with Gasteiger partial charge in [-0.15, -0.1) is 11.3 Å².